The summed E-state index contributed by atoms with van der Waals surface area (Å²) in [6.07, 6.45) is 4.11. The molecule has 7 aromatic rings. The van der Waals surface area contributed by atoms with Crippen molar-refractivity contribution < 1.29 is 47.5 Å². The molecule has 2 aliphatic rings. The fourth-order valence-corrected chi connectivity index (χ4v) is 10.6. The fraction of sp³-hybridized carbons (Fsp3) is 0.431. The molecule has 0 spiro atoms. The lowest BCUT2D eigenvalue weighted by Gasteiger charge is -2.30. The number of ether oxygens (including phenoxy) is 7. The number of piperidine rings is 1. The second kappa shape index (κ2) is 26.9. The van der Waals surface area contributed by atoms with Crippen molar-refractivity contribution in [2.24, 2.45) is 0 Å². The maximum atomic E-state index is 14.0. The molecule has 18 nitrogen and oxygen atoms in total. The molecule has 1 fully saturated rings. The van der Waals surface area contributed by atoms with Crippen LogP contribution in [-0.4, -0.2) is 153 Å². The topological polar surface area (TPSA) is 182 Å². The number of carbonyl (C=O) groups is 3. The van der Waals surface area contributed by atoms with Gasteiger partial charge in [0.05, 0.1) is 84.8 Å². The van der Waals surface area contributed by atoms with Crippen LogP contribution in [0.15, 0.2) is 90.4 Å². The standard InChI is InChI=1S/C58H70N8O10S/c1-5-55(67)64-17-21-75-56-44(36-64)29-42(33-51(56)58(69)60-45-9-7-16-63(3)37-45)43-30-47(70-4)35-48(31-43)76-39-46-38-65(62-61-46)18-20-72-23-25-74-27-26-73-24-22-71-19-15-59-57(68)41-12-14-52-50(32-41)49-13-11-40(54-10-8-28-77-54)34-53(49)66(52)6-2/h8,10-14,28-35,38,45H,5-7,9,15-27,36-37,39H2,1-4H3,(H,59,68)(H,60,69)/t45-/m0/s1. The van der Waals surface area contributed by atoms with Gasteiger partial charge in [-0.05, 0) is 110 Å². The molecule has 0 unspecified atom stereocenters. The van der Waals surface area contributed by atoms with E-state index in [2.05, 4.69) is 80.1 Å². The van der Waals surface area contributed by atoms with Crippen LogP contribution < -0.4 is 24.8 Å². The van der Waals surface area contributed by atoms with Crippen LogP contribution in [0.1, 0.15) is 65.1 Å². The van der Waals surface area contributed by atoms with Crippen molar-refractivity contribution in [3.8, 4) is 38.8 Å². The number of benzene rings is 4. The molecule has 1 saturated heterocycles. The van der Waals surface area contributed by atoms with E-state index in [9.17, 15) is 14.4 Å². The third kappa shape index (κ3) is 14.2. The Hall–Kier alpha value is -6.87. The van der Waals surface area contributed by atoms with Crippen LogP contribution in [0.2, 0.25) is 0 Å². The van der Waals surface area contributed by atoms with E-state index in [-0.39, 0.29) is 30.4 Å². The molecular weight excluding hydrogens is 1000 g/mol. The third-order valence-electron chi connectivity index (χ3n) is 13.8. The molecule has 19 heteroatoms. The molecule has 3 amide bonds. The minimum absolute atomic E-state index is 0.0206. The number of amides is 3. The van der Waals surface area contributed by atoms with E-state index in [1.807, 2.05) is 55.6 Å². The fourth-order valence-electron chi connectivity index (χ4n) is 9.89. The van der Waals surface area contributed by atoms with Crippen molar-refractivity contribution >= 4 is 50.9 Å². The zero-order chi connectivity index (χ0) is 53.5. The van der Waals surface area contributed by atoms with Crippen molar-refractivity contribution in [2.75, 3.05) is 99.8 Å². The molecule has 0 aliphatic carbocycles. The van der Waals surface area contributed by atoms with Gasteiger partial charge in [0.2, 0.25) is 5.91 Å². The molecule has 2 aliphatic heterocycles. The quantitative estimate of drug-likeness (QED) is 0.0501. The number of carbonyl (C=O) groups excluding carboxylic acids is 3. The number of rotatable bonds is 26. The summed E-state index contributed by atoms with van der Waals surface area (Å²) in [7, 11) is 3.66. The summed E-state index contributed by atoms with van der Waals surface area (Å²) in [4.78, 5) is 45.2. The van der Waals surface area contributed by atoms with Crippen LogP contribution in [0.25, 0.3) is 43.4 Å². The van der Waals surface area contributed by atoms with Crippen molar-refractivity contribution in [1.82, 2.24) is 40.0 Å². The number of hydrogen-bond donors (Lipinski definition) is 2. The van der Waals surface area contributed by atoms with E-state index in [1.165, 1.54) is 16.0 Å². The molecule has 0 radical (unpaired) electrons. The number of likely N-dealkylation sites (tertiary alicyclic amines) is 1. The molecule has 3 aromatic heterocycles. The highest BCUT2D eigenvalue weighted by Gasteiger charge is 2.28. The molecule has 2 N–H and O–H groups in total. The summed E-state index contributed by atoms with van der Waals surface area (Å²) in [5, 5.41) is 19.1. The van der Waals surface area contributed by atoms with Crippen LogP contribution in [0.3, 0.4) is 0 Å². The number of hydrogen-bond acceptors (Lipinski definition) is 14. The number of fused-ring (bicyclic) bond motifs is 4. The van der Waals surface area contributed by atoms with Gasteiger partial charge < -0.3 is 58.2 Å². The minimum Gasteiger partial charge on any atom is -0.497 e. The van der Waals surface area contributed by atoms with Gasteiger partial charge in [0.1, 0.15) is 36.2 Å². The number of likely N-dealkylation sites (N-methyl/N-ethyl adjacent to an activating group) is 1. The normalized spacial score (nSPS) is 14.8. The largest absolute Gasteiger partial charge is 0.497 e. The Labute approximate surface area is 453 Å². The lowest BCUT2D eigenvalue weighted by atomic mass is 9.96. The summed E-state index contributed by atoms with van der Waals surface area (Å²) < 4.78 is 44.9. The van der Waals surface area contributed by atoms with E-state index in [4.69, 9.17) is 33.2 Å². The Morgan fingerprint density at radius 2 is 1.57 bits per heavy atom. The zero-order valence-corrected chi connectivity index (χ0v) is 45.4. The predicted octanol–water partition coefficient (Wildman–Crippen LogP) is 7.84. The minimum atomic E-state index is -0.205. The van der Waals surface area contributed by atoms with E-state index in [1.54, 1.807) is 34.1 Å². The van der Waals surface area contributed by atoms with Gasteiger partial charge in [-0.1, -0.05) is 30.3 Å². The molecule has 0 saturated carbocycles. The van der Waals surface area contributed by atoms with Crippen molar-refractivity contribution in [1.29, 1.82) is 0 Å². The first-order chi connectivity index (χ1) is 37.7. The van der Waals surface area contributed by atoms with Gasteiger partial charge in [0, 0.05) is 82.5 Å². The molecule has 5 heterocycles. The summed E-state index contributed by atoms with van der Waals surface area (Å²) in [5.74, 6) is 1.32. The van der Waals surface area contributed by atoms with Gasteiger partial charge >= 0.3 is 0 Å². The number of aromatic nitrogens is 4. The van der Waals surface area contributed by atoms with E-state index in [0.29, 0.717) is 126 Å². The Kier molecular flexibility index (Phi) is 19.2. The lowest BCUT2D eigenvalue weighted by molar-refractivity contribution is -0.131. The maximum Gasteiger partial charge on any atom is 0.255 e. The average Bonchev–Trinajstić information content (AvgIpc) is 4.19. The summed E-state index contributed by atoms with van der Waals surface area (Å²) in [6.45, 7) is 12.0. The molecule has 9 rings (SSSR count). The monoisotopic (exact) mass is 1070 g/mol. The van der Waals surface area contributed by atoms with Crippen LogP contribution >= 0.6 is 11.3 Å². The Morgan fingerprint density at radius 3 is 2.32 bits per heavy atom. The highest BCUT2D eigenvalue weighted by molar-refractivity contribution is 7.13. The number of aryl methyl sites for hydroxylation is 1. The highest BCUT2D eigenvalue weighted by atomic mass is 32.1. The third-order valence-corrected chi connectivity index (χ3v) is 14.7. The number of thiophene rings is 1. The van der Waals surface area contributed by atoms with Gasteiger partial charge in [-0.2, -0.15) is 0 Å². The number of methoxy groups -OCH3 is 1. The van der Waals surface area contributed by atoms with Crippen LogP contribution in [0.5, 0.6) is 17.2 Å². The first-order valence-electron chi connectivity index (χ1n) is 26.6. The first-order valence-corrected chi connectivity index (χ1v) is 27.5. The first kappa shape index (κ1) is 54.9. The molecule has 77 heavy (non-hydrogen) atoms. The lowest BCUT2D eigenvalue weighted by Crippen LogP contribution is -2.46. The molecular formula is C58H70N8O10S. The Morgan fingerprint density at radius 1 is 0.792 bits per heavy atom. The van der Waals surface area contributed by atoms with Gasteiger partial charge in [0.25, 0.3) is 11.8 Å². The number of nitrogens with zero attached hydrogens (tertiary/aromatic N) is 6. The summed E-state index contributed by atoms with van der Waals surface area (Å²) in [5.41, 5.74) is 7.47. The molecule has 408 valence electrons. The molecule has 4 aromatic carbocycles. The van der Waals surface area contributed by atoms with Gasteiger partial charge in [-0.15, -0.1) is 16.4 Å². The van der Waals surface area contributed by atoms with Crippen molar-refractivity contribution in [3.05, 3.63) is 113 Å². The smallest absolute Gasteiger partial charge is 0.255 e. The van der Waals surface area contributed by atoms with Crippen LogP contribution in [0.4, 0.5) is 0 Å². The predicted molar refractivity (Wildman–Crippen MR) is 296 cm³/mol. The maximum absolute atomic E-state index is 14.0. The van der Waals surface area contributed by atoms with Crippen LogP contribution in [-0.2, 0) is 50.0 Å². The van der Waals surface area contributed by atoms with E-state index >= 15 is 0 Å². The van der Waals surface area contributed by atoms with E-state index < -0.39 is 0 Å². The van der Waals surface area contributed by atoms with Crippen molar-refractivity contribution in [2.45, 2.75) is 65.4 Å². The Bertz CT molecular complexity index is 3100. The molecule has 0 bridgehead atoms. The van der Waals surface area contributed by atoms with Gasteiger partial charge in [-0.25, -0.2) is 4.68 Å². The SMILES string of the molecule is CCC(=O)N1CCOc2c(cc(-c3cc(OC)cc(OCc4cn(CCOCCOCCOCCOCCNC(=O)c5ccc6c(c5)c5ccc(-c7cccs7)cc5n6CC)nn4)c3)cc2C(=O)N[C@H]2CCCN(C)C2)C1. The Balaban J connectivity index is 0.657. The summed E-state index contributed by atoms with van der Waals surface area (Å²) >= 11 is 1.73. The zero-order valence-electron chi connectivity index (χ0n) is 44.6. The number of nitrogens with one attached hydrogen (secondary N) is 2. The second-order valence-corrected chi connectivity index (χ2v) is 20.1. The van der Waals surface area contributed by atoms with Gasteiger partial charge in [0.15, 0.2) is 0 Å². The average molecular weight is 1070 g/mol. The van der Waals surface area contributed by atoms with Gasteiger partial charge in [-0.3, -0.25) is 14.4 Å². The molecule has 1 atom stereocenters. The van der Waals surface area contributed by atoms with E-state index in [0.717, 1.165) is 65.5 Å². The highest BCUT2D eigenvalue weighted by Crippen LogP contribution is 2.38. The summed E-state index contributed by atoms with van der Waals surface area (Å²) in [6, 6.07) is 26.1. The van der Waals surface area contributed by atoms with Crippen LogP contribution in [0, 0.1) is 0 Å². The van der Waals surface area contributed by atoms with Crippen molar-refractivity contribution in [3.63, 3.8) is 0 Å². The second-order valence-electron chi connectivity index (χ2n) is 19.2.